The largest absolute Gasteiger partial charge is 0.513 e. The molecule has 2 aliphatic carbocycles. The summed E-state index contributed by atoms with van der Waals surface area (Å²) in [5, 5.41) is 0. The number of Topliss-reactive ketones (excluding diaryl/α,β-unsaturated/α-hetero) is 1. The van der Waals surface area contributed by atoms with Crippen LogP contribution < -0.4 is 0 Å². The minimum Gasteiger partial charge on any atom is -0.431 e. The second-order valence-corrected chi connectivity index (χ2v) is 9.93. The maximum Gasteiger partial charge on any atom is 0.513 e. The summed E-state index contributed by atoms with van der Waals surface area (Å²) in [6.07, 6.45) is 4.19. The second kappa shape index (κ2) is 12.1. The van der Waals surface area contributed by atoms with Crippen LogP contribution in [0, 0.1) is 0 Å². The van der Waals surface area contributed by atoms with Crippen LogP contribution in [0.1, 0.15) is 62.5 Å². The molecule has 0 aromatic heterocycles. The molecule has 2 saturated carbocycles. The van der Waals surface area contributed by atoms with Crippen molar-refractivity contribution in [1.82, 2.24) is 0 Å². The molecule has 0 aliphatic heterocycles. The number of hydrogen-bond acceptors (Lipinski definition) is 7. The molecule has 0 amide bonds. The lowest BCUT2D eigenvalue weighted by molar-refractivity contribution is -0.135. The summed E-state index contributed by atoms with van der Waals surface area (Å²) < 4.78 is 20.4. The van der Waals surface area contributed by atoms with Crippen LogP contribution in [0.25, 0.3) is 0 Å². The molecule has 7 heteroatoms. The van der Waals surface area contributed by atoms with E-state index in [9.17, 15) is 14.4 Å². The summed E-state index contributed by atoms with van der Waals surface area (Å²) in [5.41, 5.74) is 0.463. The van der Waals surface area contributed by atoms with Crippen LogP contribution in [0.4, 0.5) is 9.59 Å². The highest BCUT2D eigenvalue weighted by Crippen LogP contribution is 2.51. The molecule has 200 valence electrons. The van der Waals surface area contributed by atoms with E-state index in [1.807, 2.05) is 60.7 Å². The normalized spacial score (nSPS) is 26.8. The third-order valence-electron chi connectivity index (χ3n) is 7.98. The van der Waals surface area contributed by atoms with Gasteiger partial charge in [0.05, 0.1) is 23.4 Å². The summed E-state index contributed by atoms with van der Waals surface area (Å²) in [7, 11) is 0. The van der Waals surface area contributed by atoms with Gasteiger partial charge < -0.3 is 18.9 Å². The lowest BCUT2D eigenvalue weighted by Gasteiger charge is -2.48. The van der Waals surface area contributed by atoms with Crippen molar-refractivity contribution in [3.63, 3.8) is 0 Å². The Hall–Kier alpha value is -3.87. The Bertz CT molecular complexity index is 1040. The predicted molar refractivity (Wildman–Crippen MR) is 141 cm³/mol. The molecule has 0 heterocycles. The van der Waals surface area contributed by atoms with Crippen molar-refractivity contribution in [1.29, 1.82) is 0 Å². The van der Waals surface area contributed by atoms with E-state index >= 15 is 0 Å². The average Bonchev–Trinajstić information content (AvgIpc) is 2.95. The SMILES string of the molecule is C=COC(=O)OC1CCC(C(=O)C2(c3ccccc3)CCC(OC(=O)OC=C)CC2)(c2ccccc2)CC1. The van der Waals surface area contributed by atoms with Crippen LogP contribution in [0.15, 0.2) is 86.3 Å². The molecule has 0 bridgehead atoms. The highest BCUT2D eigenvalue weighted by atomic mass is 16.7. The summed E-state index contributed by atoms with van der Waals surface area (Å²) >= 11 is 0. The van der Waals surface area contributed by atoms with Gasteiger partial charge in [-0.05, 0) is 62.5 Å². The number of ether oxygens (including phenoxy) is 4. The van der Waals surface area contributed by atoms with Gasteiger partial charge in [0.15, 0.2) is 5.78 Å². The minimum atomic E-state index is -0.780. The third kappa shape index (κ3) is 5.67. The Morgan fingerprint density at radius 1 is 0.632 bits per heavy atom. The average molecular weight is 519 g/mol. The molecule has 0 spiro atoms. The molecule has 4 rings (SSSR count). The van der Waals surface area contributed by atoms with Gasteiger partial charge in [0.1, 0.15) is 12.2 Å². The van der Waals surface area contributed by atoms with Crippen LogP contribution >= 0.6 is 0 Å². The quantitative estimate of drug-likeness (QED) is 0.277. The molecule has 7 nitrogen and oxygen atoms in total. The summed E-state index contributed by atoms with van der Waals surface area (Å²) in [6.45, 7) is 6.78. The Labute approximate surface area is 223 Å². The van der Waals surface area contributed by atoms with Gasteiger partial charge in [-0.15, -0.1) is 0 Å². The van der Waals surface area contributed by atoms with Gasteiger partial charge in [-0.25, -0.2) is 9.59 Å². The Kier molecular flexibility index (Phi) is 8.66. The fourth-order valence-corrected chi connectivity index (χ4v) is 6.13. The number of carbonyl (C=O) groups is 3. The first-order chi connectivity index (χ1) is 18.4. The van der Waals surface area contributed by atoms with E-state index in [0.717, 1.165) is 23.7 Å². The first-order valence-electron chi connectivity index (χ1n) is 13.1. The molecule has 0 atom stereocenters. The first kappa shape index (κ1) is 27.2. The predicted octanol–water partition coefficient (Wildman–Crippen LogP) is 6.91. The van der Waals surface area contributed by atoms with Crippen LogP contribution in [0.2, 0.25) is 0 Å². The van der Waals surface area contributed by atoms with Crippen LogP contribution in [0.5, 0.6) is 0 Å². The Balaban J connectivity index is 1.65. The zero-order valence-corrected chi connectivity index (χ0v) is 21.5. The van der Waals surface area contributed by atoms with Gasteiger partial charge in [-0.2, -0.15) is 0 Å². The van der Waals surface area contributed by atoms with E-state index in [1.165, 1.54) is 0 Å². The van der Waals surface area contributed by atoms with Gasteiger partial charge in [0.25, 0.3) is 0 Å². The van der Waals surface area contributed by atoms with E-state index < -0.39 is 23.1 Å². The van der Waals surface area contributed by atoms with Crippen LogP contribution in [0.3, 0.4) is 0 Å². The standard InChI is InChI=1S/C31H34O7/c1-3-35-28(33)37-25-15-19-30(20-16-25,23-11-7-5-8-12-23)27(32)31(24-13-9-6-10-14-24)21-17-26(18-22-31)38-29(34)36-4-2/h3-14,25-26H,1-2,15-22H2. The zero-order valence-electron chi connectivity index (χ0n) is 21.5. The fourth-order valence-electron chi connectivity index (χ4n) is 6.13. The van der Waals surface area contributed by atoms with Crippen molar-refractivity contribution in [2.45, 2.75) is 74.4 Å². The maximum absolute atomic E-state index is 15.0. The zero-order chi connectivity index (χ0) is 27.0. The van der Waals surface area contributed by atoms with E-state index in [1.54, 1.807) is 0 Å². The van der Waals surface area contributed by atoms with Crippen molar-refractivity contribution < 1.29 is 33.3 Å². The van der Waals surface area contributed by atoms with Crippen molar-refractivity contribution in [3.8, 4) is 0 Å². The molecule has 0 saturated heterocycles. The van der Waals surface area contributed by atoms with Crippen molar-refractivity contribution in [2.24, 2.45) is 0 Å². The molecule has 0 N–H and O–H groups in total. The highest BCUT2D eigenvalue weighted by molar-refractivity contribution is 5.99. The van der Waals surface area contributed by atoms with E-state index in [2.05, 4.69) is 13.2 Å². The monoisotopic (exact) mass is 518 g/mol. The van der Waals surface area contributed by atoms with E-state index in [0.29, 0.717) is 51.4 Å². The smallest absolute Gasteiger partial charge is 0.431 e. The van der Waals surface area contributed by atoms with Crippen molar-refractivity contribution in [2.75, 3.05) is 0 Å². The van der Waals surface area contributed by atoms with E-state index in [4.69, 9.17) is 18.9 Å². The third-order valence-corrected chi connectivity index (χ3v) is 7.98. The molecule has 2 aliphatic rings. The molecular weight excluding hydrogens is 484 g/mol. The molecule has 2 aromatic carbocycles. The van der Waals surface area contributed by atoms with Gasteiger partial charge in [0, 0.05) is 0 Å². The summed E-state index contributed by atoms with van der Waals surface area (Å²) in [6, 6.07) is 19.8. The number of carbonyl (C=O) groups excluding carboxylic acids is 3. The molecule has 0 radical (unpaired) electrons. The second-order valence-electron chi connectivity index (χ2n) is 9.93. The first-order valence-corrected chi connectivity index (χ1v) is 13.1. The van der Waals surface area contributed by atoms with Crippen LogP contribution in [-0.2, 0) is 34.6 Å². The Morgan fingerprint density at radius 2 is 0.974 bits per heavy atom. The summed E-state index contributed by atoms with van der Waals surface area (Å²) in [5.74, 6) is 0.168. The molecule has 2 aromatic rings. The maximum atomic E-state index is 15.0. The lowest BCUT2D eigenvalue weighted by atomic mass is 9.55. The van der Waals surface area contributed by atoms with Crippen molar-refractivity contribution >= 4 is 18.1 Å². The van der Waals surface area contributed by atoms with Gasteiger partial charge in [0.2, 0.25) is 0 Å². The fraction of sp³-hybridized carbons (Fsp3) is 0.387. The topological polar surface area (TPSA) is 88.1 Å². The number of ketones is 1. The number of rotatable bonds is 8. The van der Waals surface area contributed by atoms with Crippen LogP contribution in [-0.4, -0.2) is 30.3 Å². The molecule has 2 fully saturated rings. The lowest BCUT2D eigenvalue weighted by Crippen LogP contribution is -2.53. The van der Waals surface area contributed by atoms with E-state index in [-0.39, 0.29) is 18.0 Å². The number of hydrogen-bond donors (Lipinski definition) is 0. The number of benzene rings is 2. The minimum absolute atomic E-state index is 0.168. The van der Waals surface area contributed by atoms with Crippen molar-refractivity contribution in [3.05, 3.63) is 97.5 Å². The molecular formula is C31H34O7. The van der Waals surface area contributed by atoms with Gasteiger partial charge >= 0.3 is 12.3 Å². The highest BCUT2D eigenvalue weighted by Gasteiger charge is 2.54. The van der Waals surface area contributed by atoms with Gasteiger partial charge in [-0.1, -0.05) is 73.8 Å². The van der Waals surface area contributed by atoms with Gasteiger partial charge in [-0.3, -0.25) is 4.79 Å². The molecule has 0 unspecified atom stereocenters. The summed E-state index contributed by atoms with van der Waals surface area (Å²) in [4.78, 5) is 38.7. The molecule has 38 heavy (non-hydrogen) atoms. The Morgan fingerprint density at radius 3 is 1.29 bits per heavy atom.